The molecule has 0 bridgehead atoms. The van der Waals surface area contributed by atoms with Gasteiger partial charge in [0.1, 0.15) is 11.5 Å². The van der Waals surface area contributed by atoms with Crippen molar-refractivity contribution < 1.29 is 4.79 Å². The second kappa shape index (κ2) is 4.04. The van der Waals surface area contributed by atoms with Gasteiger partial charge in [-0.1, -0.05) is 0 Å². The minimum Gasteiger partial charge on any atom is -0.382 e. The van der Waals surface area contributed by atoms with Crippen LogP contribution in [0.15, 0.2) is 12.4 Å². The van der Waals surface area contributed by atoms with Gasteiger partial charge in [-0.2, -0.15) is 0 Å². The van der Waals surface area contributed by atoms with Crippen LogP contribution in [0.5, 0.6) is 0 Å². The van der Waals surface area contributed by atoms with Crippen molar-refractivity contribution in [3.8, 4) is 0 Å². The number of carbonyl (C=O) groups is 1. The molecule has 0 aliphatic heterocycles. The number of nitrogens with zero attached hydrogens (tertiary/aromatic N) is 3. The van der Waals surface area contributed by atoms with Gasteiger partial charge in [-0.15, -0.1) is 0 Å². The van der Waals surface area contributed by atoms with Gasteiger partial charge in [0.2, 0.25) is 0 Å². The highest BCUT2D eigenvalue weighted by molar-refractivity contribution is 5.92. The fourth-order valence-electron chi connectivity index (χ4n) is 0.899. The summed E-state index contributed by atoms with van der Waals surface area (Å²) in [6, 6.07) is 0.130. The first-order chi connectivity index (χ1) is 6.52. The Bertz CT molecular complexity index is 337. The van der Waals surface area contributed by atoms with E-state index in [0.717, 1.165) is 0 Å². The minimum absolute atomic E-state index is 0.130. The molecule has 0 saturated carbocycles. The van der Waals surface area contributed by atoms with E-state index in [2.05, 4.69) is 9.97 Å². The quantitative estimate of drug-likeness (QED) is 0.745. The predicted octanol–water partition coefficient (Wildman–Crippen LogP) is 0.539. The lowest BCUT2D eigenvalue weighted by Gasteiger charge is -2.20. The minimum atomic E-state index is -0.167. The molecule has 0 fully saturated rings. The summed E-state index contributed by atoms with van der Waals surface area (Å²) in [4.78, 5) is 21.0. The number of carbonyl (C=O) groups excluding carboxylic acids is 1. The lowest BCUT2D eigenvalue weighted by Crippen LogP contribution is -2.33. The summed E-state index contributed by atoms with van der Waals surface area (Å²) in [6.45, 7) is 3.86. The summed E-state index contributed by atoms with van der Waals surface area (Å²) in [5, 5.41) is 0. The molecule has 0 saturated heterocycles. The molecule has 5 nitrogen and oxygen atoms in total. The van der Waals surface area contributed by atoms with Crippen molar-refractivity contribution in [1.29, 1.82) is 0 Å². The topological polar surface area (TPSA) is 72.1 Å². The maximum absolute atomic E-state index is 11.7. The van der Waals surface area contributed by atoms with Crippen LogP contribution in [-0.4, -0.2) is 33.9 Å². The average Bonchev–Trinajstić information content (AvgIpc) is 2.15. The van der Waals surface area contributed by atoms with Crippen LogP contribution >= 0.6 is 0 Å². The highest BCUT2D eigenvalue weighted by Crippen LogP contribution is 2.04. The predicted molar refractivity (Wildman–Crippen MR) is 53.7 cm³/mol. The van der Waals surface area contributed by atoms with Crippen molar-refractivity contribution in [3.05, 3.63) is 18.1 Å². The van der Waals surface area contributed by atoms with Crippen molar-refractivity contribution in [1.82, 2.24) is 14.9 Å². The van der Waals surface area contributed by atoms with Crippen molar-refractivity contribution in [2.75, 3.05) is 12.8 Å². The zero-order chi connectivity index (χ0) is 10.7. The Morgan fingerprint density at radius 1 is 1.50 bits per heavy atom. The Balaban J connectivity index is 2.89. The monoisotopic (exact) mass is 194 g/mol. The first-order valence-corrected chi connectivity index (χ1v) is 4.37. The van der Waals surface area contributed by atoms with E-state index in [1.807, 2.05) is 13.8 Å². The third kappa shape index (κ3) is 2.18. The van der Waals surface area contributed by atoms with E-state index >= 15 is 0 Å². The fourth-order valence-corrected chi connectivity index (χ4v) is 0.899. The first kappa shape index (κ1) is 10.4. The summed E-state index contributed by atoms with van der Waals surface area (Å²) >= 11 is 0. The fraction of sp³-hybridized carbons (Fsp3) is 0.444. The number of nitrogens with two attached hydrogens (primary N) is 1. The van der Waals surface area contributed by atoms with Crippen LogP contribution in [0.2, 0.25) is 0 Å². The number of rotatable bonds is 2. The zero-order valence-electron chi connectivity index (χ0n) is 8.56. The molecule has 5 heteroatoms. The molecule has 0 atom stereocenters. The van der Waals surface area contributed by atoms with Gasteiger partial charge >= 0.3 is 0 Å². The highest BCUT2D eigenvalue weighted by atomic mass is 16.2. The summed E-state index contributed by atoms with van der Waals surface area (Å²) in [6.07, 6.45) is 2.82. The lowest BCUT2D eigenvalue weighted by molar-refractivity contribution is 0.0748. The summed E-state index contributed by atoms with van der Waals surface area (Å²) in [5.41, 5.74) is 5.71. The van der Waals surface area contributed by atoms with Crippen LogP contribution < -0.4 is 5.73 Å². The first-order valence-electron chi connectivity index (χ1n) is 4.37. The molecule has 0 spiro atoms. The van der Waals surface area contributed by atoms with E-state index in [9.17, 15) is 4.79 Å². The maximum atomic E-state index is 11.7. The Morgan fingerprint density at radius 2 is 2.14 bits per heavy atom. The zero-order valence-corrected chi connectivity index (χ0v) is 8.56. The van der Waals surface area contributed by atoms with Crippen LogP contribution in [0.3, 0.4) is 0 Å². The molecule has 76 valence electrons. The number of nitrogen functional groups attached to an aromatic ring is 1. The molecule has 1 amide bonds. The average molecular weight is 194 g/mol. The Morgan fingerprint density at radius 3 is 2.64 bits per heavy atom. The van der Waals surface area contributed by atoms with Crippen LogP contribution in [0.1, 0.15) is 24.3 Å². The van der Waals surface area contributed by atoms with Crippen LogP contribution in [0.25, 0.3) is 0 Å². The molecule has 0 radical (unpaired) electrons. The molecular weight excluding hydrogens is 180 g/mol. The number of anilines is 1. The highest BCUT2D eigenvalue weighted by Gasteiger charge is 2.15. The Hall–Kier alpha value is -1.65. The van der Waals surface area contributed by atoms with Gasteiger partial charge < -0.3 is 10.6 Å². The van der Waals surface area contributed by atoms with E-state index in [-0.39, 0.29) is 23.5 Å². The smallest absolute Gasteiger partial charge is 0.274 e. The SMILES string of the molecule is CC(C)N(C)C(=O)c1cncc(N)n1. The third-order valence-electron chi connectivity index (χ3n) is 1.97. The third-order valence-corrected chi connectivity index (χ3v) is 1.97. The Labute approximate surface area is 83.0 Å². The number of hydrogen-bond donors (Lipinski definition) is 1. The maximum Gasteiger partial charge on any atom is 0.274 e. The standard InChI is InChI=1S/C9H14N4O/c1-6(2)13(3)9(14)7-4-11-5-8(10)12-7/h4-6H,1-3H3,(H2,10,12). The van der Waals surface area contributed by atoms with Crippen LogP contribution in [-0.2, 0) is 0 Å². The van der Waals surface area contributed by atoms with Crippen LogP contribution in [0, 0.1) is 0 Å². The molecule has 0 aliphatic rings. The summed E-state index contributed by atoms with van der Waals surface area (Å²) < 4.78 is 0. The molecule has 0 aliphatic carbocycles. The van der Waals surface area contributed by atoms with Gasteiger partial charge in [0.05, 0.1) is 12.4 Å². The van der Waals surface area contributed by atoms with E-state index in [4.69, 9.17) is 5.73 Å². The molecule has 2 N–H and O–H groups in total. The lowest BCUT2D eigenvalue weighted by atomic mass is 10.3. The largest absolute Gasteiger partial charge is 0.382 e. The number of hydrogen-bond acceptors (Lipinski definition) is 4. The molecule has 14 heavy (non-hydrogen) atoms. The normalized spacial score (nSPS) is 10.3. The molecule has 1 aromatic rings. The van der Waals surface area contributed by atoms with Crippen LogP contribution in [0.4, 0.5) is 5.82 Å². The van der Waals surface area contributed by atoms with Crippen molar-refractivity contribution >= 4 is 11.7 Å². The number of aromatic nitrogens is 2. The second-order valence-electron chi connectivity index (χ2n) is 3.34. The summed E-state index contributed by atoms with van der Waals surface area (Å²) in [7, 11) is 1.72. The molecule has 0 unspecified atom stereocenters. The molecular formula is C9H14N4O. The van der Waals surface area contributed by atoms with E-state index in [1.165, 1.54) is 12.4 Å². The van der Waals surface area contributed by atoms with Gasteiger partial charge in [-0.25, -0.2) is 4.98 Å². The Kier molecular flexibility index (Phi) is 3.01. The van der Waals surface area contributed by atoms with Gasteiger partial charge in [0.25, 0.3) is 5.91 Å². The van der Waals surface area contributed by atoms with Gasteiger partial charge in [-0.3, -0.25) is 9.78 Å². The molecule has 0 aromatic carbocycles. The van der Waals surface area contributed by atoms with Gasteiger partial charge in [-0.05, 0) is 13.8 Å². The van der Waals surface area contributed by atoms with Gasteiger partial charge in [0, 0.05) is 13.1 Å². The second-order valence-corrected chi connectivity index (χ2v) is 3.34. The summed E-state index contributed by atoms with van der Waals surface area (Å²) in [5.74, 6) is 0.0906. The molecule has 1 rings (SSSR count). The van der Waals surface area contributed by atoms with E-state index < -0.39 is 0 Å². The molecule has 1 aromatic heterocycles. The van der Waals surface area contributed by atoms with Crippen molar-refractivity contribution in [2.24, 2.45) is 0 Å². The van der Waals surface area contributed by atoms with Gasteiger partial charge in [0.15, 0.2) is 0 Å². The van der Waals surface area contributed by atoms with Crippen molar-refractivity contribution in [3.63, 3.8) is 0 Å². The molecule has 1 heterocycles. The van der Waals surface area contributed by atoms with E-state index in [1.54, 1.807) is 11.9 Å². The number of amides is 1. The van der Waals surface area contributed by atoms with E-state index in [0.29, 0.717) is 0 Å². The van der Waals surface area contributed by atoms with Crippen molar-refractivity contribution in [2.45, 2.75) is 19.9 Å².